The lowest BCUT2D eigenvalue weighted by Gasteiger charge is -2.52. The van der Waals surface area contributed by atoms with Gasteiger partial charge in [0, 0.05) is 6.54 Å². The first-order chi connectivity index (χ1) is 14.4. The van der Waals surface area contributed by atoms with Crippen LogP contribution in [0.2, 0.25) is 0 Å². The Bertz CT molecular complexity index is 897. The van der Waals surface area contributed by atoms with Gasteiger partial charge in [-0.3, -0.25) is 4.79 Å². The number of aromatic nitrogens is 1. The van der Waals surface area contributed by atoms with Gasteiger partial charge in [-0.15, -0.1) is 0 Å². The molecule has 0 spiro atoms. The van der Waals surface area contributed by atoms with E-state index in [1.807, 2.05) is 6.07 Å². The number of primary amides is 1. The Kier molecular flexibility index (Phi) is 5.82. The number of nitrogens with zero attached hydrogens (tertiary/aromatic N) is 2. The molecule has 2 heterocycles. The highest BCUT2D eigenvalue weighted by Crippen LogP contribution is 2.48. The van der Waals surface area contributed by atoms with Crippen molar-refractivity contribution in [2.24, 2.45) is 29.4 Å². The van der Waals surface area contributed by atoms with Gasteiger partial charge in [0.15, 0.2) is 5.58 Å². The van der Waals surface area contributed by atoms with Crippen molar-refractivity contribution in [3.63, 3.8) is 0 Å². The summed E-state index contributed by atoms with van der Waals surface area (Å²) in [5.41, 5.74) is 8.35. The lowest BCUT2D eigenvalue weighted by molar-refractivity contribution is -0.128. The highest BCUT2D eigenvalue weighted by Gasteiger charge is 2.54. The SMILES string of the molecule is CCc1ccc2oc(N3CCCCC3(C(N)=O)C(C)C3[C@H](C)CCC[C@@H]3C)nc2c1. The number of fused-ring (bicyclic) bond motifs is 1. The van der Waals surface area contributed by atoms with Crippen molar-refractivity contribution in [3.8, 4) is 0 Å². The molecule has 30 heavy (non-hydrogen) atoms. The third kappa shape index (κ3) is 3.40. The Morgan fingerprint density at radius 1 is 1.27 bits per heavy atom. The average molecular weight is 412 g/mol. The maximum Gasteiger partial charge on any atom is 0.299 e. The number of oxazole rings is 1. The molecule has 2 aromatic rings. The minimum absolute atomic E-state index is 0.154. The number of amides is 1. The van der Waals surface area contributed by atoms with E-state index in [-0.39, 0.29) is 11.8 Å². The summed E-state index contributed by atoms with van der Waals surface area (Å²) >= 11 is 0. The first-order valence-electron chi connectivity index (χ1n) is 11.9. The largest absolute Gasteiger partial charge is 0.423 e. The molecule has 1 saturated carbocycles. The highest BCUT2D eigenvalue weighted by molar-refractivity contribution is 5.89. The number of anilines is 1. The van der Waals surface area contributed by atoms with Crippen LogP contribution in [0.25, 0.3) is 11.1 Å². The quantitative estimate of drug-likeness (QED) is 0.723. The first kappa shape index (κ1) is 21.2. The molecule has 2 fully saturated rings. The second-order valence-electron chi connectivity index (χ2n) is 9.80. The Balaban J connectivity index is 1.78. The van der Waals surface area contributed by atoms with E-state index in [2.05, 4.69) is 44.7 Å². The molecule has 164 valence electrons. The number of aryl methyl sites for hydroxylation is 1. The fourth-order valence-electron chi connectivity index (χ4n) is 6.53. The zero-order valence-corrected chi connectivity index (χ0v) is 19.0. The van der Waals surface area contributed by atoms with Gasteiger partial charge in [0.2, 0.25) is 5.91 Å². The molecule has 0 radical (unpaired) electrons. The van der Waals surface area contributed by atoms with E-state index in [1.54, 1.807) is 0 Å². The molecule has 3 unspecified atom stereocenters. The summed E-state index contributed by atoms with van der Waals surface area (Å²) in [5.74, 6) is 1.60. The van der Waals surface area contributed by atoms with E-state index in [1.165, 1.54) is 24.8 Å². The van der Waals surface area contributed by atoms with Crippen LogP contribution >= 0.6 is 0 Å². The van der Waals surface area contributed by atoms with Crippen LogP contribution in [0.5, 0.6) is 0 Å². The maximum absolute atomic E-state index is 13.2. The topological polar surface area (TPSA) is 72.4 Å². The lowest BCUT2D eigenvalue weighted by Crippen LogP contribution is -2.66. The molecule has 1 aliphatic carbocycles. The van der Waals surface area contributed by atoms with Crippen LogP contribution in [0.3, 0.4) is 0 Å². The van der Waals surface area contributed by atoms with Gasteiger partial charge in [-0.05, 0) is 67.1 Å². The zero-order chi connectivity index (χ0) is 21.5. The number of piperidine rings is 1. The number of hydrogen-bond donors (Lipinski definition) is 1. The highest BCUT2D eigenvalue weighted by atomic mass is 16.4. The van der Waals surface area contributed by atoms with Gasteiger partial charge in [-0.2, -0.15) is 4.98 Å². The van der Waals surface area contributed by atoms with Gasteiger partial charge in [-0.25, -0.2) is 0 Å². The van der Waals surface area contributed by atoms with Crippen LogP contribution in [0, 0.1) is 23.7 Å². The van der Waals surface area contributed by atoms with Crippen molar-refractivity contribution in [1.29, 1.82) is 0 Å². The van der Waals surface area contributed by atoms with Gasteiger partial charge in [0.05, 0.1) is 0 Å². The Morgan fingerprint density at radius 3 is 2.67 bits per heavy atom. The van der Waals surface area contributed by atoms with Crippen molar-refractivity contribution in [1.82, 2.24) is 4.98 Å². The van der Waals surface area contributed by atoms with E-state index in [0.717, 1.165) is 43.3 Å². The minimum atomic E-state index is -0.739. The van der Waals surface area contributed by atoms with Gasteiger partial charge in [0.1, 0.15) is 11.1 Å². The van der Waals surface area contributed by atoms with E-state index in [4.69, 9.17) is 15.1 Å². The predicted molar refractivity (Wildman–Crippen MR) is 121 cm³/mol. The standard InChI is InChI=1S/C25H37N3O2/c1-5-19-11-12-21-20(15-19)27-24(30-21)28-14-7-6-13-25(28,23(26)29)18(4)22-16(2)9-8-10-17(22)3/h11-12,15-18,22H,5-10,13-14H2,1-4H3,(H2,26,29)/t16-,17+,18?,22?,25?. The Hall–Kier alpha value is -2.04. The zero-order valence-electron chi connectivity index (χ0n) is 19.0. The van der Waals surface area contributed by atoms with Crippen molar-refractivity contribution in [3.05, 3.63) is 23.8 Å². The van der Waals surface area contributed by atoms with E-state index in [0.29, 0.717) is 23.8 Å². The van der Waals surface area contributed by atoms with Crippen LogP contribution < -0.4 is 10.6 Å². The molecular weight excluding hydrogens is 374 g/mol. The van der Waals surface area contributed by atoms with Crippen molar-refractivity contribution >= 4 is 23.0 Å². The normalized spacial score (nSPS) is 31.1. The van der Waals surface area contributed by atoms with E-state index in [9.17, 15) is 4.79 Å². The monoisotopic (exact) mass is 411 g/mol. The van der Waals surface area contributed by atoms with Crippen molar-refractivity contribution in [2.45, 2.75) is 78.2 Å². The van der Waals surface area contributed by atoms with Crippen LogP contribution in [0.4, 0.5) is 6.01 Å². The molecule has 4 rings (SSSR count). The number of hydrogen-bond acceptors (Lipinski definition) is 4. The van der Waals surface area contributed by atoms with Crippen LogP contribution in [0.1, 0.15) is 71.8 Å². The Labute approximate surface area is 180 Å². The molecule has 2 aliphatic rings. The second-order valence-corrected chi connectivity index (χ2v) is 9.80. The third-order valence-corrected chi connectivity index (χ3v) is 8.14. The third-order valence-electron chi connectivity index (χ3n) is 8.14. The molecule has 0 bridgehead atoms. The van der Waals surface area contributed by atoms with E-state index >= 15 is 0 Å². The van der Waals surface area contributed by atoms with Crippen LogP contribution in [0.15, 0.2) is 22.6 Å². The molecule has 5 heteroatoms. The van der Waals surface area contributed by atoms with Crippen molar-refractivity contribution in [2.75, 3.05) is 11.4 Å². The number of carbonyl (C=O) groups is 1. The molecule has 1 saturated heterocycles. The smallest absolute Gasteiger partial charge is 0.299 e. The Morgan fingerprint density at radius 2 is 2.00 bits per heavy atom. The molecule has 5 nitrogen and oxygen atoms in total. The predicted octanol–water partition coefficient (Wildman–Crippen LogP) is 5.31. The maximum atomic E-state index is 13.2. The summed E-state index contributed by atoms with van der Waals surface area (Å²) < 4.78 is 6.21. The van der Waals surface area contributed by atoms with Gasteiger partial charge < -0.3 is 15.1 Å². The summed E-state index contributed by atoms with van der Waals surface area (Å²) in [6, 6.07) is 6.73. The molecule has 1 aromatic carbocycles. The number of nitrogens with two attached hydrogens (primary N) is 1. The molecular formula is C25H37N3O2. The van der Waals surface area contributed by atoms with E-state index < -0.39 is 5.54 Å². The summed E-state index contributed by atoms with van der Waals surface area (Å²) in [7, 11) is 0. The minimum Gasteiger partial charge on any atom is -0.423 e. The number of carbonyl (C=O) groups excluding carboxylic acids is 1. The summed E-state index contributed by atoms with van der Waals surface area (Å²) in [6.45, 7) is 9.86. The van der Waals surface area contributed by atoms with Crippen LogP contribution in [-0.2, 0) is 11.2 Å². The fraction of sp³-hybridized carbons (Fsp3) is 0.680. The fourth-order valence-corrected chi connectivity index (χ4v) is 6.53. The average Bonchev–Trinajstić information content (AvgIpc) is 3.16. The summed E-state index contributed by atoms with van der Waals surface area (Å²) in [6.07, 6.45) is 7.52. The first-order valence-corrected chi connectivity index (χ1v) is 11.9. The molecule has 1 aromatic heterocycles. The molecule has 5 atom stereocenters. The van der Waals surface area contributed by atoms with Gasteiger partial charge in [-0.1, -0.05) is 53.0 Å². The van der Waals surface area contributed by atoms with Crippen LogP contribution in [-0.4, -0.2) is 23.0 Å². The second kappa shape index (κ2) is 8.24. The lowest BCUT2D eigenvalue weighted by atomic mass is 9.60. The molecule has 1 aliphatic heterocycles. The number of rotatable bonds is 5. The van der Waals surface area contributed by atoms with Crippen molar-refractivity contribution < 1.29 is 9.21 Å². The number of benzene rings is 1. The molecule has 1 amide bonds. The molecule has 2 N–H and O–H groups in total. The van der Waals surface area contributed by atoms with Gasteiger partial charge in [0.25, 0.3) is 6.01 Å². The summed E-state index contributed by atoms with van der Waals surface area (Å²) in [4.78, 5) is 20.2. The van der Waals surface area contributed by atoms with Gasteiger partial charge >= 0.3 is 0 Å². The summed E-state index contributed by atoms with van der Waals surface area (Å²) in [5, 5.41) is 0.